The van der Waals surface area contributed by atoms with Gasteiger partial charge in [-0.2, -0.15) is 0 Å². The molecule has 2 aliphatic heterocycles. The summed E-state index contributed by atoms with van der Waals surface area (Å²) in [6, 6.07) is 0.543. The fraction of sp³-hybridized carbons (Fsp3) is 0.929. The van der Waals surface area contributed by atoms with Gasteiger partial charge in [0, 0.05) is 12.6 Å². The van der Waals surface area contributed by atoms with Gasteiger partial charge in [0.25, 0.3) is 0 Å². The van der Waals surface area contributed by atoms with E-state index in [9.17, 15) is 4.79 Å². The summed E-state index contributed by atoms with van der Waals surface area (Å²) in [7, 11) is 0. The van der Waals surface area contributed by atoms with Gasteiger partial charge in [-0.25, -0.2) is 0 Å². The Morgan fingerprint density at radius 2 is 2.06 bits per heavy atom. The van der Waals surface area contributed by atoms with Crippen molar-refractivity contribution < 1.29 is 4.79 Å². The molecule has 2 saturated heterocycles. The molecule has 0 aliphatic carbocycles. The van der Waals surface area contributed by atoms with Crippen molar-refractivity contribution in [1.29, 1.82) is 0 Å². The number of carbonyl (C=O) groups excluding carboxylic acids is 1. The number of piperidine rings is 1. The molecule has 0 aromatic carbocycles. The van der Waals surface area contributed by atoms with Crippen LogP contribution in [0.1, 0.15) is 46.5 Å². The van der Waals surface area contributed by atoms with Crippen molar-refractivity contribution >= 4 is 5.91 Å². The number of nitrogens with zero attached hydrogens (tertiary/aromatic N) is 1. The van der Waals surface area contributed by atoms with E-state index in [1.807, 2.05) is 0 Å². The molecule has 0 aromatic rings. The van der Waals surface area contributed by atoms with Gasteiger partial charge in [0.15, 0.2) is 0 Å². The van der Waals surface area contributed by atoms with Crippen molar-refractivity contribution in [2.24, 2.45) is 11.8 Å². The van der Waals surface area contributed by atoms with Gasteiger partial charge in [-0.05, 0) is 44.1 Å². The number of nitrogens with one attached hydrogen (secondary N) is 1. The molecule has 1 amide bonds. The summed E-state index contributed by atoms with van der Waals surface area (Å²) < 4.78 is 0. The van der Waals surface area contributed by atoms with Gasteiger partial charge in [0.2, 0.25) is 5.91 Å². The zero-order chi connectivity index (χ0) is 12.4. The van der Waals surface area contributed by atoms with Crippen molar-refractivity contribution in [1.82, 2.24) is 10.2 Å². The predicted octanol–water partition coefficient (Wildman–Crippen LogP) is 2.02. The van der Waals surface area contributed by atoms with Crippen molar-refractivity contribution in [3.63, 3.8) is 0 Å². The van der Waals surface area contributed by atoms with Crippen molar-refractivity contribution in [2.75, 3.05) is 13.1 Å². The largest absolute Gasteiger partial charge is 0.338 e. The van der Waals surface area contributed by atoms with Crippen LogP contribution in [0.5, 0.6) is 0 Å². The van der Waals surface area contributed by atoms with Crippen LogP contribution in [-0.2, 0) is 4.79 Å². The zero-order valence-corrected chi connectivity index (χ0v) is 11.4. The van der Waals surface area contributed by atoms with E-state index in [1.165, 1.54) is 25.7 Å². The summed E-state index contributed by atoms with van der Waals surface area (Å²) in [5.41, 5.74) is 0. The Morgan fingerprint density at radius 3 is 2.71 bits per heavy atom. The first kappa shape index (κ1) is 12.9. The second kappa shape index (κ2) is 5.38. The van der Waals surface area contributed by atoms with Gasteiger partial charge in [0.1, 0.15) is 0 Å². The lowest BCUT2D eigenvalue weighted by Crippen LogP contribution is -2.54. The molecule has 2 heterocycles. The van der Waals surface area contributed by atoms with Gasteiger partial charge in [0.05, 0.1) is 6.04 Å². The average molecular weight is 238 g/mol. The van der Waals surface area contributed by atoms with Crippen LogP contribution in [-0.4, -0.2) is 36.0 Å². The maximum Gasteiger partial charge on any atom is 0.240 e. The molecule has 0 spiro atoms. The Balaban J connectivity index is 2.03. The first-order valence-electron chi connectivity index (χ1n) is 7.15. The SMILES string of the molecule is CC(C)C1CCCN1C(=O)C1NCCCC1C. The van der Waals surface area contributed by atoms with E-state index in [0.717, 1.165) is 13.1 Å². The van der Waals surface area contributed by atoms with Crippen LogP contribution >= 0.6 is 0 Å². The minimum atomic E-state index is 0.0723. The molecule has 0 saturated carbocycles. The van der Waals surface area contributed by atoms with Gasteiger partial charge in [-0.15, -0.1) is 0 Å². The number of amides is 1. The molecule has 0 bridgehead atoms. The number of rotatable bonds is 2. The summed E-state index contributed by atoms with van der Waals surface area (Å²) in [4.78, 5) is 14.7. The van der Waals surface area contributed by atoms with E-state index in [0.29, 0.717) is 23.8 Å². The van der Waals surface area contributed by atoms with E-state index in [2.05, 4.69) is 31.0 Å². The lowest BCUT2D eigenvalue weighted by molar-refractivity contribution is -0.136. The Kier molecular flexibility index (Phi) is 4.08. The second-order valence-electron chi connectivity index (χ2n) is 6.04. The standard InChI is InChI=1S/C14H26N2O/c1-10(2)12-7-5-9-16(12)14(17)13-11(3)6-4-8-15-13/h10-13,15H,4-9H2,1-3H3. The van der Waals surface area contributed by atoms with E-state index >= 15 is 0 Å². The summed E-state index contributed by atoms with van der Waals surface area (Å²) >= 11 is 0. The van der Waals surface area contributed by atoms with Gasteiger partial charge in [-0.1, -0.05) is 20.8 Å². The van der Waals surface area contributed by atoms with Gasteiger partial charge in [-0.3, -0.25) is 4.79 Å². The van der Waals surface area contributed by atoms with E-state index < -0.39 is 0 Å². The molecule has 3 heteroatoms. The van der Waals surface area contributed by atoms with Crippen molar-refractivity contribution in [2.45, 2.75) is 58.5 Å². The molecule has 0 radical (unpaired) electrons. The van der Waals surface area contributed by atoms with Crippen molar-refractivity contribution in [3.8, 4) is 0 Å². The highest BCUT2D eigenvalue weighted by Crippen LogP contribution is 2.27. The summed E-state index contributed by atoms with van der Waals surface area (Å²) in [5, 5.41) is 3.41. The normalized spacial score (nSPS) is 34.4. The number of likely N-dealkylation sites (tertiary alicyclic amines) is 1. The average Bonchev–Trinajstić information content (AvgIpc) is 2.77. The minimum Gasteiger partial charge on any atom is -0.338 e. The van der Waals surface area contributed by atoms with Crippen LogP contribution in [0.3, 0.4) is 0 Å². The predicted molar refractivity (Wildman–Crippen MR) is 69.8 cm³/mol. The Bertz CT molecular complexity index is 277. The fourth-order valence-electron chi connectivity index (χ4n) is 3.32. The third-order valence-electron chi connectivity index (χ3n) is 4.39. The zero-order valence-electron chi connectivity index (χ0n) is 11.4. The molecule has 0 aromatic heterocycles. The third-order valence-corrected chi connectivity index (χ3v) is 4.39. The molecular formula is C14H26N2O. The molecule has 3 nitrogen and oxygen atoms in total. The monoisotopic (exact) mass is 238 g/mol. The third kappa shape index (κ3) is 2.65. The van der Waals surface area contributed by atoms with Crippen LogP contribution < -0.4 is 5.32 Å². The second-order valence-corrected chi connectivity index (χ2v) is 6.04. The number of hydrogen-bond acceptors (Lipinski definition) is 2. The molecule has 3 atom stereocenters. The van der Waals surface area contributed by atoms with Gasteiger partial charge < -0.3 is 10.2 Å². The quantitative estimate of drug-likeness (QED) is 0.798. The van der Waals surface area contributed by atoms with Crippen LogP contribution in [0.25, 0.3) is 0 Å². The maximum atomic E-state index is 12.6. The lowest BCUT2D eigenvalue weighted by Gasteiger charge is -2.35. The highest BCUT2D eigenvalue weighted by molar-refractivity contribution is 5.83. The van der Waals surface area contributed by atoms with Crippen molar-refractivity contribution in [3.05, 3.63) is 0 Å². The molecule has 2 aliphatic rings. The molecule has 2 fully saturated rings. The highest BCUT2D eigenvalue weighted by Gasteiger charge is 2.37. The Morgan fingerprint density at radius 1 is 1.29 bits per heavy atom. The molecule has 17 heavy (non-hydrogen) atoms. The summed E-state index contributed by atoms with van der Waals surface area (Å²) in [5.74, 6) is 1.43. The van der Waals surface area contributed by atoms with E-state index in [1.54, 1.807) is 0 Å². The lowest BCUT2D eigenvalue weighted by atomic mass is 9.91. The molecule has 98 valence electrons. The summed E-state index contributed by atoms with van der Waals surface area (Å²) in [6.45, 7) is 8.63. The first-order chi connectivity index (χ1) is 8.11. The fourth-order valence-corrected chi connectivity index (χ4v) is 3.32. The maximum absolute atomic E-state index is 12.6. The van der Waals surface area contributed by atoms with Gasteiger partial charge >= 0.3 is 0 Å². The van der Waals surface area contributed by atoms with Crippen LogP contribution in [0, 0.1) is 11.8 Å². The first-order valence-corrected chi connectivity index (χ1v) is 7.15. The topological polar surface area (TPSA) is 32.3 Å². The highest BCUT2D eigenvalue weighted by atomic mass is 16.2. The van der Waals surface area contributed by atoms with Crippen LogP contribution in [0.2, 0.25) is 0 Å². The molecular weight excluding hydrogens is 212 g/mol. The number of hydrogen-bond donors (Lipinski definition) is 1. The number of carbonyl (C=O) groups is 1. The molecule has 3 unspecified atom stereocenters. The Hall–Kier alpha value is -0.570. The summed E-state index contributed by atoms with van der Waals surface area (Å²) in [6.07, 6.45) is 4.75. The van der Waals surface area contributed by atoms with E-state index in [-0.39, 0.29) is 6.04 Å². The van der Waals surface area contributed by atoms with Crippen LogP contribution in [0.15, 0.2) is 0 Å². The Labute approximate surface area is 105 Å². The minimum absolute atomic E-state index is 0.0723. The molecule has 2 rings (SSSR count). The smallest absolute Gasteiger partial charge is 0.240 e. The van der Waals surface area contributed by atoms with E-state index in [4.69, 9.17) is 0 Å². The molecule has 1 N–H and O–H groups in total. The van der Waals surface area contributed by atoms with Crippen LogP contribution in [0.4, 0.5) is 0 Å².